The van der Waals surface area contributed by atoms with Crippen LogP contribution in [0.5, 0.6) is 5.75 Å². The molecule has 2 aromatic carbocycles. The van der Waals surface area contributed by atoms with E-state index in [4.69, 9.17) is 9.47 Å². The molecule has 2 aromatic rings. The summed E-state index contributed by atoms with van der Waals surface area (Å²) in [6.45, 7) is 6.97. The maximum absolute atomic E-state index is 13.8. The highest BCUT2D eigenvalue weighted by Gasteiger charge is 2.25. The van der Waals surface area contributed by atoms with Gasteiger partial charge in [-0.05, 0) is 35.2 Å². The van der Waals surface area contributed by atoms with E-state index in [2.05, 4.69) is 25.8 Å². The van der Waals surface area contributed by atoms with Crippen molar-refractivity contribution in [3.63, 3.8) is 0 Å². The third-order valence-electron chi connectivity index (χ3n) is 4.05. The zero-order valence-corrected chi connectivity index (χ0v) is 14.6. The van der Waals surface area contributed by atoms with Gasteiger partial charge in [0.25, 0.3) is 0 Å². The van der Waals surface area contributed by atoms with Crippen LogP contribution in [0.25, 0.3) is 0 Å². The number of nitrogens with zero attached hydrogens (tertiary/aromatic N) is 1. The quantitative estimate of drug-likeness (QED) is 0.818. The maximum atomic E-state index is 13.8. The Morgan fingerprint density at radius 2 is 1.72 bits per heavy atom. The van der Waals surface area contributed by atoms with Gasteiger partial charge in [-0.25, -0.2) is 13.8 Å². The van der Waals surface area contributed by atoms with Crippen LogP contribution < -0.4 is 4.74 Å². The molecule has 132 valence electrons. The van der Waals surface area contributed by atoms with Crippen molar-refractivity contribution in [1.82, 2.24) is 0 Å². The average Bonchev–Trinajstić information content (AvgIpc) is 3.01. The normalized spacial score (nSPS) is 17.2. The van der Waals surface area contributed by atoms with Crippen molar-refractivity contribution >= 4 is 5.90 Å². The van der Waals surface area contributed by atoms with Gasteiger partial charge in [-0.15, -0.1) is 0 Å². The first-order valence-electron chi connectivity index (χ1n) is 8.23. The molecule has 0 bridgehead atoms. The highest BCUT2D eigenvalue weighted by Crippen LogP contribution is 2.25. The van der Waals surface area contributed by atoms with Crippen LogP contribution in [0.3, 0.4) is 0 Å². The van der Waals surface area contributed by atoms with E-state index in [1.165, 1.54) is 23.8 Å². The molecule has 3 rings (SSSR count). The summed E-state index contributed by atoms with van der Waals surface area (Å²) >= 11 is 0. The first kappa shape index (κ1) is 17.4. The smallest absolute Gasteiger partial charge is 0.222 e. The lowest BCUT2D eigenvalue weighted by molar-refractivity contribution is 0.242. The van der Waals surface area contributed by atoms with Gasteiger partial charge in [-0.3, -0.25) is 0 Å². The third kappa shape index (κ3) is 3.98. The Bertz CT molecular complexity index is 759. The van der Waals surface area contributed by atoms with Gasteiger partial charge < -0.3 is 9.47 Å². The molecule has 0 saturated carbocycles. The summed E-state index contributed by atoms with van der Waals surface area (Å²) < 4.78 is 38.6. The minimum absolute atomic E-state index is 0.00715. The molecule has 1 atom stereocenters. The lowest BCUT2D eigenvalue weighted by Gasteiger charge is -2.19. The second kappa shape index (κ2) is 6.82. The van der Waals surface area contributed by atoms with E-state index in [9.17, 15) is 8.78 Å². The van der Waals surface area contributed by atoms with Crippen molar-refractivity contribution in [3.8, 4) is 5.75 Å². The third-order valence-corrected chi connectivity index (χ3v) is 4.05. The van der Waals surface area contributed by atoms with Crippen molar-refractivity contribution in [2.45, 2.75) is 32.2 Å². The summed E-state index contributed by atoms with van der Waals surface area (Å²) in [5, 5.41) is 0. The highest BCUT2D eigenvalue weighted by molar-refractivity contribution is 5.95. The van der Waals surface area contributed by atoms with Crippen LogP contribution in [-0.2, 0) is 10.2 Å². The van der Waals surface area contributed by atoms with Gasteiger partial charge in [0.2, 0.25) is 5.90 Å². The zero-order valence-electron chi connectivity index (χ0n) is 14.6. The molecule has 0 N–H and O–H groups in total. The molecular formula is C20H21F2NO2. The number of hydrogen-bond donors (Lipinski definition) is 0. The van der Waals surface area contributed by atoms with Gasteiger partial charge >= 0.3 is 0 Å². The van der Waals surface area contributed by atoms with Crippen molar-refractivity contribution in [1.29, 1.82) is 0 Å². The molecule has 5 heteroatoms. The lowest BCUT2D eigenvalue weighted by atomic mass is 9.87. The number of rotatable bonds is 4. The molecule has 1 aliphatic rings. The second-order valence-electron chi connectivity index (χ2n) is 7.08. The van der Waals surface area contributed by atoms with E-state index in [0.717, 1.165) is 5.75 Å². The first-order chi connectivity index (χ1) is 11.8. The van der Waals surface area contributed by atoms with Gasteiger partial charge in [-0.1, -0.05) is 39.0 Å². The maximum Gasteiger partial charge on any atom is 0.222 e. The van der Waals surface area contributed by atoms with E-state index < -0.39 is 11.6 Å². The molecular weight excluding hydrogens is 324 g/mol. The van der Waals surface area contributed by atoms with Crippen molar-refractivity contribution in [2.24, 2.45) is 4.99 Å². The summed E-state index contributed by atoms with van der Waals surface area (Å²) in [6.07, 6.45) is 0. The van der Waals surface area contributed by atoms with Crippen LogP contribution >= 0.6 is 0 Å². The van der Waals surface area contributed by atoms with Gasteiger partial charge in [0.1, 0.15) is 42.2 Å². The second-order valence-corrected chi connectivity index (χ2v) is 7.08. The number of aliphatic imine (C=N–C) groups is 1. The lowest BCUT2D eigenvalue weighted by Crippen LogP contribution is -2.17. The molecule has 0 amide bonds. The SMILES string of the molecule is CC(C)(C)c1ccc(OCC2COC(c3c(F)cccc3F)=N2)cc1. The minimum atomic E-state index is -0.682. The first-order valence-corrected chi connectivity index (χ1v) is 8.23. The summed E-state index contributed by atoms with van der Waals surface area (Å²) in [5.74, 6) is -0.642. The summed E-state index contributed by atoms with van der Waals surface area (Å²) in [4.78, 5) is 4.24. The molecule has 1 heterocycles. The van der Waals surface area contributed by atoms with Gasteiger partial charge in [0.15, 0.2) is 0 Å². The number of hydrogen-bond acceptors (Lipinski definition) is 3. The molecule has 0 spiro atoms. The molecule has 3 nitrogen and oxygen atoms in total. The molecule has 0 saturated heterocycles. The van der Waals surface area contributed by atoms with E-state index in [0.29, 0.717) is 0 Å². The highest BCUT2D eigenvalue weighted by atomic mass is 19.1. The van der Waals surface area contributed by atoms with Crippen LogP contribution in [0.4, 0.5) is 8.78 Å². The van der Waals surface area contributed by atoms with Gasteiger partial charge in [0, 0.05) is 0 Å². The molecule has 1 unspecified atom stereocenters. The summed E-state index contributed by atoms with van der Waals surface area (Å²) in [6, 6.07) is 11.3. The van der Waals surface area contributed by atoms with Crippen molar-refractivity contribution in [2.75, 3.05) is 13.2 Å². The van der Waals surface area contributed by atoms with Crippen LogP contribution in [0.15, 0.2) is 47.5 Å². The fourth-order valence-corrected chi connectivity index (χ4v) is 2.58. The fraction of sp³-hybridized carbons (Fsp3) is 0.350. The average molecular weight is 345 g/mol. The standard InChI is InChI=1S/C20H21F2NO2/c1-20(2,3)13-7-9-15(10-8-13)24-11-14-12-25-19(23-14)18-16(21)5-4-6-17(18)22/h4-10,14H,11-12H2,1-3H3. The fourth-order valence-electron chi connectivity index (χ4n) is 2.58. The molecule has 0 fully saturated rings. The predicted molar refractivity (Wildman–Crippen MR) is 93.3 cm³/mol. The van der Waals surface area contributed by atoms with Crippen LogP contribution in [0, 0.1) is 11.6 Å². The zero-order chi connectivity index (χ0) is 18.0. The largest absolute Gasteiger partial charge is 0.491 e. The van der Waals surface area contributed by atoms with Gasteiger partial charge in [0.05, 0.1) is 0 Å². The molecule has 0 aliphatic carbocycles. The Morgan fingerprint density at radius 1 is 1.08 bits per heavy atom. The Labute approximate surface area is 146 Å². The number of benzene rings is 2. The Balaban J connectivity index is 1.64. The molecule has 0 aromatic heterocycles. The van der Waals surface area contributed by atoms with E-state index in [-0.39, 0.29) is 36.1 Å². The number of ether oxygens (including phenoxy) is 2. The predicted octanol–water partition coefficient (Wildman–Crippen LogP) is 4.49. The Morgan fingerprint density at radius 3 is 2.32 bits per heavy atom. The Hall–Kier alpha value is -2.43. The van der Waals surface area contributed by atoms with Crippen LogP contribution in [0.1, 0.15) is 31.9 Å². The topological polar surface area (TPSA) is 30.8 Å². The molecule has 25 heavy (non-hydrogen) atoms. The van der Waals surface area contributed by atoms with Crippen molar-refractivity contribution in [3.05, 3.63) is 65.2 Å². The number of halogens is 2. The van der Waals surface area contributed by atoms with Crippen molar-refractivity contribution < 1.29 is 18.3 Å². The Kier molecular flexibility index (Phi) is 4.75. The summed E-state index contributed by atoms with van der Waals surface area (Å²) in [5.41, 5.74) is 1.08. The minimum Gasteiger partial charge on any atom is -0.491 e. The van der Waals surface area contributed by atoms with E-state index >= 15 is 0 Å². The van der Waals surface area contributed by atoms with E-state index in [1.807, 2.05) is 24.3 Å². The van der Waals surface area contributed by atoms with Crippen LogP contribution in [0.2, 0.25) is 0 Å². The van der Waals surface area contributed by atoms with Gasteiger partial charge in [-0.2, -0.15) is 0 Å². The molecule has 0 radical (unpaired) electrons. The monoisotopic (exact) mass is 345 g/mol. The van der Waals surface area contributed by atoms with E-state index in [1.54, 1.807) is 0 Å². The summed E-state index contributed by atoms with van der Waals surface area (Å²) in [7, 11) is 0. The van der Waals surface area contributed by atoms with Crippen LogP contribution in [-0.4, -0.2) is 25.2 Å². The molecule has 1 aliphatic heterocycles.